The van der Waals surface area contributed by atoms with E-state index >= 15 is 0 Å². The maximum Gasteiger partial charge on any atom is -0.00928 e. The van der Waals surface area contributed by atoms with E-state index in [4.69, 9.17) is 0 Å². The molecule has 224 valence electrons. The Bertz CT molecular complexity index is 2580. The van der Waals surface area contributed by atoms with Crippen molar-refractivity contribution in [3.63, 3.8) is 0 Å². The van der Waals surface area contributed by atoms with Crippen molar-refractivity contribution in [2.75, 3.05) is 0 Å². The van der Waals surface area contributed by atoms with Crippen molar-refractivity contribution in [1.82, 2.24) is 0 Å². The van der Waals surface area contributed by atoms with E-state index in [1.54, 1.807) is 0 Å². The largest absolute Gasteiger partial charge is 0.0622 e. The van der Waals surface area contributed by atoms with Crippen molar-refractivity contribution in [2.45, 2.75) is 0 Å². The number of rotatable bonds is 5. The Kier molecular flexibility index (Phi) is 6.91. The van der Waals surface area contributed by atoms with Crippen LogP contribution in [0.2, 0.25) is 0 Å². The van der Waals surface area contributed by atoms with E-state index in [1.165, 1.54) is 88.0 Å². The fourth-order valence-electron chi connectivity index (χ4n) is 7.29. The summed E-state index contributed by atoms with van der Waals surface area (Å²) in [7, 11) is 0. The van der Waals surface area contributed by atoms with Crippen LogP contribution in [0.4, 0.5) is 0 Å². The summed E-state index contributed by atoms with van der Waals surface area (Å²) in [6.07, 6.45) is 0. The lowest BCUT2D eigenvalue weighted by molar-refractivity contribution is 1.59. The van der Waals surface area contributed by atoms with Gasteiger partial charge in [-0.3, -0.25) is 0 Å². The zero-order chi connectivity index (χ0) is 31.9. The molecule has 0 spiro atoms. The van der Waals surface area contributed by atoms with Crippen LogP contribution in [0.15, 0.2) is 194 Å². The normalized spacial score (nSPS) is 11.3. The number of hydrogen-bond donors (Lipinski definition) is 0. The average molecular weight is 609 g/mol. The van der Waals surface area contributed by atoms with Crippen LogP contribution >= 0.6 is 0 Å². The molecule has 0 heterocycles. The molecule has 0 fully saturated rings. The fourth-order valence-corrected chi connectivity index (χ4v) is 7.29. The fraction of sp³-hybridized carbons (Fsp3) is 0. The molecule has 0 unspecified atom stereocenters. The van der Waals surface area contributed by atoms with Gasteiger partial charge in [0.15, 0.2) is 0 Å². The Balaban J connectivity index is 1.28. The molecule has 0 bridgehead atoms. The summed E-state index contributed by atoms with van der Waals surface area (Å²) in [6, 6.07) is 70.8. The zero-order valence-corrected chi connectivity index (χ0v) is 26.5. The zero-order valence-electron chi connectivity index (χ0n) is 26.5. The lowest BCUT2D eigenvalue weighted by Gasteiger charge is -2.17. The molecule has 0 N–H and O–H groups in total. The highest BCUT2D eigenvalue weighted by Gasteiger charge is 2.15. The third-order valence-electron chi connectivity index (χ3n) is 9.64. The topological polar surface area (TPSA) is 0 Å². The SMILES string of the molecule is c1ccc(-c2ccccc2-c2ccc3c(c2)cc(-c2ccccc2)c2cc(-c4cc5ccccc5cc4-c4ccccc4)ccc23)cc1. The van der Waals surface area contributed by atoms with Crippen molar-refractivity contribution in [3.8, 4) is 55.6 Å². The molecule has 0 radical (unpaired) electrons. The van der Waals surface area contributed by atoms with E-state index in [-0.39, 0.29) is 0 Å². The van der Waals surface area contributed by atoms with Crippen molar-refractivity contribution < 1.29 is 0 Å². The van der Waals surface area contributed by atoms with Crippen LogP contribution in [0.3, 0.4) is 0 Å². The van der Waals surface area contributed by atoms with Gasteiger partial charge in [0.1, 0.15) is 0 Å². The van der Waals surface area contributed by atoms with Gasteiger partial charge in [-0.2, -0.15) is 0 Å². The third-order valence-corrected chi connectivity index (χ3v) is 9.64. The summed E-state index contributed by atoms with van der Waals surface area (Å²) < 4.78 is 0. The van der Waals surface area contributed by atoms with Crippen LogP contribution in [0, 0.1) is 0 Å². The quantitative estimate of drug-likeness (QED) is 0.171. The van der Waals surface area contributed by atoms with Gasteiger partial charge in [-0.25, -0.2) is 0 Å². The second-order valence-electron chi connectivity index (χ2n) is 12.5. The maximum atomic E-state index is 2.41. The van der Waals surface area contributed by atoms with Crippen LogP contribution in [-0.4, -0.2) is 0 Å². The van der Waals surface area contributed by atoms with E-state index in [9.17, 15) is 0 Å². The average Bonchev–Trinajstić information content (AvgIpc) is 3.17. The van der Waals surface area contributed by atoms with Crippen LogP contribution in [0.1, 0.15) is 0 Å². The van der Waals surface area contributed by atoms with Crippen molar-refractivity contribution in [2.24, 2.45) is 0 Å². The molecular weight excluding hydrogens is 577 g/mol. The smallest absolute Gasteiger partial charge is 0.00928 e. The van der Waals surface area contributed by atoms with Crippen LogP contribution in [-0.2, 0) is 0 Å². The minimum Gasteiger partial charge on any atom is -0.0622 e. The van der Waals surface area contributed by atoms with E-state index in [0.717, 1.165) is 0 Å². The molecule has 9 aromatic rings. The summed E-state index contributed by atoms with van der Waals surface area (Å²) in [5, 5.41) is 7.53. The molecule has 0 saturated carbocycles. The van der Waals surface area contributed by atoms with Gasteiger partial charge in [-0.1, -0.05) is 164 Å². The Hall–Kier alpha value is -6.24. The van der Waals surface area contributed by atoms with Gasteiger partial charge >= 0.3 is 0 Å². The van der Waals surface area contributed by atoms with Gasteiger partial charge in [-0.05, 0) is 118 Å². The molecule has 0 amide bonds. The lowest BCUT2D eigenvalue weighted by atomic mass is 9.87. The molecule has 0 heteroatoms. The van der Waals surface area contributed by atoms with E-state index in [1.807, 2.05) is 0 Å². The van der Waals surface area contributed by atoms with Crippen molar-refractivity contribution >= 4 is 32.3 Å². The summed E-state index contributed by atoms with van der Waals surface area (Å²) in [5.41, 5.74) is 12.3. The van der Waals surface area contributed by atoms with E-state index < -0.39 is 0 Å². The van der Waals surface area contributed by atoms with Gasteiger partial charge in [0.05, 0.1) is 0 Å². The Morgan fingerprint density at radius 2 is 0.604 bits per heavy atom. The summed E-state index contributed by atoms with van der Waals surface area (Å²) >= 11 is 0. The maximum absolute atomic E-state index is 2.41. The predicted octanol–water partition coefficient (Wildman–Crippen LogP) is 13.5. The highest BCUT2D eigenvalue weighted by atomic mass is 14.2. The standard InChI is InChI=1S/C48H32/c1-4-14-33(15-5-1)41-22-12-13-23-42(41)38-24-26-43-40(28-38)32-46(35-18-8-3-9-19-35)48-31-39(25-27-44(43)48)47-30-37-21-11-10-20-36(37)29-45(47)34-16-6-2-7-17-34/h1-32H. The van der Waals surface area contributed by atoms with Crippen LogP contribution < -0.4 is 0 Å². The van der Waals surface area contributed by atoms with Crippen LogP contribution in [0.25, 0.3) is 88.0 Å². The first-order chi connectivity index (χ1) is 23.8. The van der Waals surface area contributed by atoms with E-state index in [2.05, 4.69) is 194 Å². The summed E-state index contributed by atoms with van der Waals surface area (Å²) in [6.45, 7) is 0. The van der Waals surface area contributed by atoms with Gasteiger partial charge in [0, 0.05) is 0 Å². The molecule has 9 rings (SSSR count). The second kappa shape index (κ2) is 11.8. The number of benzene rings is 9. The highest BCUT2D eigenvalue weighted by Crippen LogP contribution is 2.42. The third kappa shape index (κ3) is 4.96. The second-order valence-corrected chi connectivity index (χ2v) is 12.5. The molecule has 48 heavy (non-hydrogen) atoms. The Labute approximate surface area is 281 Å². The van der Waals surface area contributed by atoms with Crippen LogP contribution in [0.5, 0.6) is 0 Å². The molecule has 0 saturated heterocycles. The first-order valence-corrected chi connectivity index (χ1v) is 16.6. The van der Waals surface area contributed by atoms with Gasteiger partial charge < -0.3 is 0 Å². The molecule has 0 aromatic heterocycles. The number of fused-ring (bicyclic) bond motifs is 4. The first-order valence-electron chi connectivity index (χ1n) is 16.6. The minimum atomic E-state index is 1.22. The Morgan fingerprint density at radius 3 is 1.21 bits per heavy atom. The van der Waals surface area contributed by atoms with E-state index in [0.29, 0.717) is 0 Å². The Morgan fingerprint density at radius 1 is 0.188 bits per heavy atom. The molecule has 9 aromatic carbocycles. The van der Waals surface area contributed by atoms with Gasteiger partial charge in [0.25, 0.3) is 0 Å². The first kappa shape index (κ1) is 28.0. The molecule has 0 aliphatic carbocycles. The molecular formula is C48H32. The van der Waals surface area contributed by atoms with Crippen molar-refractivity contribution in [3.05, 3.63) is 194 Å². The lowest BCUT2D eigenvalue weighted by Crippen LogP contribution is -1.90. The molecule has 0 nitrogen and oxygen atoms in total. The van der Waals surface area contributed by atoms with Gasteiger partial charge in [0.2, 0.25) is 0 Å². The van der Waals surface area contributed by atoms with Crippen molar-refractivity contribution in [1.29, 1.82) is 0 Å². The highest BCUT2D eigenvalue weighted by molar-refractivity contribution is 6.16. The minimum absolute atomic E-state index is 1.22. The predicted molar refractivity (Wildman–Crippen MR) is 206 cm³/mol. The molecule has 0 atom stereocenters. The molecule has 0 aliphatic rings. The number of hydrogen-bond acceptors (Lipinski definition) is 0. The molecule has 0 aliphatic heterocycles. The summed E-state index contributed by atoms with van der Waals surface area (Å²) in [4.78, 5) is 0. The van der Waals surface area contributed by atoms with Gasteiger partial charge in [-0.15, -0.1) is 0 Å². The monoisotopic (exact) mass is 608 g/mol. The summed E-state index contributed by atoms with van der Waals surface area (Å²) in [5.74, 6) is 0.